The lowest BCUT2D eigenvalue weighted by molar-refractivity contribution is -0.123. The molecule has 0 spiro atoms. The third kappa shape index (κ3) is 5.13. The van der Waals surface area contributed by atoms with Gasteiger partial charge in [-0.3, -0.25) is 4.79 Å². The van der Waals surface area contributed by atoms with E-state index in [1.807, 2.05) is 0 Å². The molecule has 0 aliphatic rings. The van der Waals surface area contributed by atoms with Crippen LogP contribution in [0.15, 0.2) is 72.8 Å². The maximum absolute atomic E-state index is 12.3. The number of nitrogens with one attached hydrogen (secondary N) is 1. The van der Waals surface area contributed by atoms with E-state index < -0.39 is 18.0 Å². The molecule has 6 heteroatoms. The largest absolute Gasteiger partial charge is 0.508 e. The van der Waals surface area contributed by atoms with Crippen LogP contribution in [-0.4, -0.2) is 30.2 Å². The van der Waals surface area contributed by atoms with Crippen molar-refractivity contribution in [3.63, 3.8) is 0 Å². The fraction of sp³-hybridized carbons (Fsp3) is 0.130. The molecule has 148 valence electrons. The van der Waals surface area contributed by atoms with Crippen LogP contribution in [0, 0.1) is 0 Å². The van der Waals surface area contributed by atoms with Gasteiger partial charge in [0.25, 0.3) is 5.91 Å². The lowest BCUT2D eigenvalue weighted by atomic mass is 10.0. The Labute approximate surface area is 168 Å². The van der Waals surface area contributed by atoms with Gasteiger partial charge in [-0.2, -0.15) is 0 Å². The van der Waals surface area contributed by atoms with Crippen molar-refractivity contribution in [1.82, 2.24) is 0 Å². The van der Waals surface area contributed by atoms with E-state index in [4.69, 9.17) is 9.47 Å². The molecule has 0 saturated carbocycles. The maximum Gasteiger partial charge on any atom is 0.338 e. The maximum atomic E-state index is 12.3. The summed E-state index contributed by atoms with van der Waals surface area (Å²) >= 11 is 0. The highest BCUT2D eigenvalue weighted by atomic mass is 16.5. The van der Waals surface area contributed by atoms with Crippen molar-refractivity contribution >= 4 is 17.6 Å². The summed E-state index contributed by atoms with van der Waals surface area (Å²) in [6, 6.07) is 20.5. The normalized spacial score (nSPS) is 11.4. The number of esters is 1. The van der Waals surface area contributed by atoms with Crippen LogP contribution >= 0.6 is 0 Å². The van der Waals surface area contributed by atoms with E-state index in [9.17, 15) is 14.7 Å². The Hall–Kier alpha value is -3.80. The number of rotatable bonds is 6. The number of hydrogen-bond donors (Lipinski definition) is 2. The fourth-order valence-corrected chi connectivity index (χ4v) is 2.68. The summed E-state index contributed by atoms with van der Waals surface area (Å²) in [5.41, 5.74) is 2.70. The van der Waals surface area contributed by atoms with E-state index in [0.717, 1.165) is 11.1 Å². The number of carbonyl (C=O) groups is 2. The lowest BCUT2D eigenvalue weighted by Gasteiger charge is -2.14. The summed E-state index contributed by atoms with van der Waals surface area (Å²) in [4.78, 5) is 24.6. The third-order valence-electron chi connectivity index (χ3n) is 4.31. The van der Waals surface area contributed by atoms with Gasteiger partial charge in [-0.1, -0.05) is 30.3 Å². The van der Waals surface area contributed by atoms with Crippen LogP contribution in [0.4, 0.5) is 5.69 Å². The summed E-state index contributed by atoms with van der Waals surface area (Å²) in [6.07, 6.45) is -0.967. The van der Waals surface area contributed by atoms with Crippen molar-refractivity contribution in [2.24, 2.45) is 0 Å². The van der Waals surface area contributed by atoms with Crippen molar-refractivity contribution in [1.29, 1.82) is 0 Å². The molecule has 0 unspecified atom stereocenters. The number of hydrogen-bond acceptors (Lipinski definition) is 5. The van der Waals surface area contributed by atoms with E-state index in [1.54, 1.807) is 72.8 Å². The topological polar surface area (TPSA) is 84.9 Å². The Kier molecular flexibility index (Phi) is 6.14. The predicted octanol–water partition coefficient (Wildman–Crippen LogP) is 4.25. The number of aromatic hydroxyl groups is 1. The molecule has 1 amide bonds. The van der Waals surface area contributed by atoms with Crippen molar-refractivity contribution in [2.75, 3.05) is 12.4 Å². The van der Waals surface area contributed by atoms with Gasteiger partial charge in [0, 0.05) is 11.8 Å². The van der Waals surface area contributed by atoms with Crippen molar-refractivity contribution < 1.29 is 24.2 Å². The van der Waals surface area contributed by atoms with Gasteiger partial charge >= 0.3 is 5.97 Å². The molecule has 1 atom stereocenters. The Morgan fingerprint density at radius 2 is 1.55 bits per heavy atom. The van der Waals surface area contributed by atoms with E-state index in [-0.39, 0.29) is 5.75 Å². The molecular formula is C23H21NO5. The van der Waals surface area contributed by atoms with E-state index in [1.165, 1.54) is 14.0 Å². The number of ether oxygens (including phenoxy) is 2. The Morgan fingerprint density at radius 1 is 0.931 bits per heavy atom. The quantitative estimate of drug-likeness (QED) is 0.614. The van der Waals surface area contributed by atoms with Crippen LogP contribution < -0.4 is 10.1 Å². The van der Waals surface area contributed by atoms with Crippen molar-refractivity contribution in [2.45, 2.75) is 13.0 Å². The third-order valence-corrected chi connectivity index (χ3v) is 4.31. The van der Waals surface area contributed by atoms with Gasteiger partial charge in [0.2, 0.25) is 0 Å². The molecule has 6 nitrogen and oxygen atoms in total. The first kappa shape index (κ1) is 19.9. The van der Waals surface area contributed by atoms with Gasteiger partial charge in [0.1, 0.15) is 11.5 Å². The molecule has 29 heavy (non-hydrogen) atoms. The van der Waals surface area contributed by atoms with Gasteiger partial charge in [-0.25, -0.2) is 4.79 Å². The van der Waals surface area contributed by atoms with E-state index in [2.05, 4.69) is 5.32 Å². The first-order chi connectivity index (χ1) is 14.0. The van der Waals surface area contributed by atoms with Gasteiger partial charge in [-0.05, 0) is 54.4 Å². The van der Waals surface area contributed by atoms with Gasteiger partial charge < -0.3 is 19.9 Å². The number of amides is 1. The minimum atomic E-state index is -0.967. The van der Waals surface area contributed by atoms with Crippen molar-refractivity contribution in [3.8, 4) is 22.6 Å². The Bertz CT molecular complexity index is 997. The number of anilines is 1. The second-order valence-corrected chi connectivity index (χ2v) is 6.39. The van der Waals surface area contributed by atoms with E-state index >= 15 is 0 Å². The minimum Gasteiger partial charge on any atom is -0.508 e. The predicted molar refractivity (Wildman–Crippen MR) is 110 cm³/mol. The zero-order chi connectivity index (χ0) is 20.8. The molecule has 3 aromatic carbocycles. The number of phenols is 1. The summed E-state index contributed by atoms with van der Waals surface area (Å²) in [6.45, 7) is 1.51. The van der Waals surface area contributed by atoms with Gasteiger partial charge in [0.15, 0.2) is 6.10 Å². The minimum absolute atomic E-state index is 0.190. The average molecular weight is 391 g/mol. The molecule has 0 radical (unpaired) electrons. The molecule has 0 saturated heterocycles. The standard InChI is InChI=1S/C23H21NO5/c1-15(22(26)24-19-4-3-5-21(14-19)28-2)29-23(27)18-8-6-16(7-9-18)17-10-12-20(25)13-11-17/h3-15,25H,1-2H3,(H,24,26)/t15-/m1/s1. The second-order valence-electron chi connectivity index (χ2n) is 6.39. The first-order valence-corrected chi connectivity index (χ1v) is 9.01. The van der Waals surface area contributed by atoms with Crippen molar-refractivity contribution in [3.05, 3.63) is 78.4 Å². The van der Waals surface area contributed by atoms with Crippen LogP contribution in [0.3, 0.4) is 0 Å². The highest BCUT2D eigenvalue weighted by Crippen LogP contribution is 2.22. The van der Waals surface area contributed by atoms with E-state index in [0.29, 0.717) is 17.0 Å². The van der Waals surface area contributed by atoms with Crippen LogP contribution in [0.2, 0.25) is 0 Å². The monoisotopic (exact) mass is 391 g/mol. The zero-order valence-electron chi connectivity index (χ0n) is 16.1. The summed E-state index contributed by atoms with van der Waals surface area (Å²) < 4.78 is 10.4. The van der Waals surface area contributed by atoms with Crippen LogP contribution in [0.5, 0.6) is 11.5 Å². The molecule has 0 aliphatic heterocycles. The number of phenolic OH excluding ortho intramolecular Hbond substituents is 1. The summed E-state index contributed by atoms with van der Waals surface area (Å²) in [5, 5.41) is 12.1. The Morgan fingerprint density at radius 3 is 2.17 bits per heavy atom. The molecule has 0 bridgehead atoms. The molecule has 0 aromatic heterocycles. The molecule has 3 aromatic rings. The number of benzene rings is 3. The van der Waals surface area contributed by atoms with Crippen LogP contribution in [0.1, 0.15) is 17.3 Å². The molecule has 0 aliphatic carbocycles. The molecule has 2 N–H and O–H groups in total. The smallest absolute Gasteiger partial charge is 0.338 e. The molecular weight excluding hydrogens is 370 g/mol. The highest BCUT2D eigenvalue weighted by molar-refractivity contribution is 5.97. The fourth-order valence-electron chi connectivity index (χ4n) is 2.68. The number of methoxy groups -OCH3 is 1. The second kappa shape index (κ2) is 8.93. The molecule has 0 heterocycles. The first-order valence-electron chi connectivity index (χ1n) is 9.01. The Balaban J connectivity index is 1.61. The molecule has 0 fully saturated rings. The summed E-state index contributed by atoms with van der Waals surface area (Å²) in [7, 11) is 1.54. The van der Waals surface area contributed by atoms with Crippen LogP contribution in [0.25, 0.3) is 11.1 Å². The highest BCUT2D eigenvalue weighted by Gasteiger charge is 2.19. The zero-order valence-corrected chi connectivity index (χ0v) is 16.1. The molecule has 3 rings (SSSR count). The summed E-state index contributed by atoms with van der Waals surface area (Å²) in [5.74, 6) is -0.223. The SMILES string of the molecule is COc1cccc(NC(=O)[C@@H](C)OC(=O)c2ccc(-c3ccc(O)cc3)cc2)c1. The van der Waals surface area contributed by atoms with Gasteiger partial charge in [0.05, 0.1) is 12.7 Å². The van der Waals surface area contributed by atoms with Gasteiger partial charge in [-0.15, -0.1) is 0 Å². The lowest BCUT2D eigenvalue weighted by Crippen LogP contribution is -2.30. The number of carbonyl (C=O) groups excluding carboxylic acids is 2. The average Bonchev–Trinajstić information content (AvgIpc) is 2.74. The van der Waals surface area contributed by atoms with Crippen LogP contribution in [-0.2, 0) is 9.53 Å².